The molecule has 1 amide bonds. The van der Waals surface area contributed by atoms with E-state index in [1.165, 1.54) is 4.90 Å². The highest BCUT2D eigenvalue weighted by atomic mass is 35.5. The Morgan fingerprint density at radius 1 is 1.16 bits per heavy atom. The first-order chi connectivity index (χ1) is 20.8. The number of ether oxygens (including phenoxy) is 1. The van der Waals surface area contributed by atoms with Crippen LogP contribution in [0.1, 0.15) is 19.3 Å². The number of aromatic nitrogens is 4. The summed E-state index contributed by atoms with van der Waals surface area (Å²) in [5, 5.41) is 20.7. The van der Waals surface area contributed by atoms with Crippen LogP contribution in [0.15, 0.2) is 46.0 Å². The second-order valence-electron chi connectivity index (χ2n) is 10.8. The van der Waals surface area contributed by atoms with Crippen LogP contribution < -0.4 is 20.9 Å². The molecule has 0 radical (unpaired) electrons. The molecule has 222 valence electrons. The molecule has 4 aromatic rings. The van der Waals surface area contributed by atoms with Gasteiger partial charge in [-0.3, -0.25) is 4.79 Å². The lowest BCUT2D eigenvalue weighted by Gasteiger charge is -2.39. The first-order valence-corrected chi connectivity index (χ1v) is 14.3. The van der Waals surface area contributed by atoms with Crippen LogP contribution in [-0.4, -0.2) is 92.4 Å². The Balaban J connectivity index is 1.51. The number of halogens is 1. The van der Waals surface area contributed by atoms with E-state index in [-0.39, 0.29) is 55.0 Å². The van der Waals surface area contributed by atoms with Crippen LogP contribution in [0.25, 0.3) is 27.5 Å². The van der Waals surface area contributed by atoms with Crippen LogP contribution in [0.4, 0.5) is 10.6 Å². The number of likely N-dealkylation sites (N-methyl/N-ethyl adjacent to an activating group) is 1. The third kappa shape index (κ3) is 5.24. The summed E-state index contributed by atoms with van der Waals surface area (Å²) in [6, 6.07) is 12.1. The number of nitriles is 1. The van der Waals surface area contributed by atoms with Gasteiger partial charge in [-0.25, -0.2) is 14.2 Å². The number of carbonyl (C=O) groups is 1. The number of likely N-dealkylation sites (tertiary alicyclic amines) is 1. The fraction of sp³-hybridized carbons (Fsp3) is 0.379. The molecule has 0 saturated carbocycles. The van der Waals surface area contributed by atoms with E-state index in [9.17, 15) is 24.8 Å². The molecule has 13 nitrogen and oxygen atoms in total. The molecule has 2 unspecified atom stereocenters. The third-order valence-corrected chi connectivity index (χ3v) is 8.53. The van der Waals surface area contributed by atoms with Crippen LogP contribution >= 0.6 is 11.6 Å². The molecule has 0 bridgehead atoms. The van der Waals surface area contributed by atoms with Crippen molar-refractivity contribution in [3.05, 3.63) is 62.3 Å². The largest absolute Gasteiger partial charge is 0.465 e. The molecular weight excluding hydrogens is 576 g/mol. The summed E-state index contributed by atoms with van der Waals surface area (Å²) in [5.41, 5.74) is -1.07. The monoisotopic (exact) mass is 604 g/mol. The van der Waals surface area contributed by atoms with Gasteiger partial charge in [0.1, 0.15) is 12.1 Å². The number of benzene rings is 2. The van der Waals surface area contributed by atoms with Gasteiger partial charge < -0.3 is 29.5 Å². The summed E-state index contributed by atoms with van der Waals surface area (Å²) in [7, 11) is 2.02. The fourth-order valence-corrected chi connectivity index (χ4v) is 6.25. The minimum absolute atomic E-state index is 0.0334. The van der Waals surface area contributed by atoms with Crippen LogP contribution in [-0.2, 0) is 0 Å². The van der Waals surface area contributed by atoms with E-state index in [4.69, 9.17) is 16.3 Å². The number of nitrogens with zero attached hydrogens (tertiary/aromatic N) is 7. The quantitative estimate of drug-likeness (QED) is 0.335. The Labute approximate surface area is 250 Å². The van der Waals surface area contributed by atoms with Gasteiger partial charge in [-0.05, 0) is 44.0 Å². The predicted octanol–water partition coefficient (Wildman–Crippen LogP) is 2.83. The lowest BCUT2D eigenvalue weighted by atomic mass is 10.1. The number of fused-ring (bicyclic) bond motifs is 2. The molecule has 2 atom stereocenters. The maximum absolute atomic E-state index is 14.1. The molecule has 2 aliphatic rings. The van der Waals surface area contributed by atoms with Gasteiger partial charge in [0.25, 0.3) is 5.56 Å². The zero-order chi connectivity index (χ0) is 30.2. The second kappa shape index (κ2) is 11.5. The molecule has 2 aromatic carbocycles. The van der Waals surface area contributed by atoms with Crippen molar-refractivity contribution in [1.29, 1.82) is 5.26 Å². The van der Waals surface area contributed by atoms with Gasteiger partial charge in [0.15, 0.2) is 11.3 Å². The lowest BCUT2D eigenvalue weighted by Crippen LogP contribution is -2.55. The molecule has 2 fully saturated rings. The van der Waals surface area contributed by atoms with Crippen molar-refractivity contribution in [1.82, 2.24) is 29.3 Å². The molecule has 2 saturated heterocycles. The van der Waals surface area contributed by atoms with E-state index in [2.05, 4.69) is 19.9 Å². The maximum atomic E-state index is 14.1. The predicted molar refractivity (Wildman–Crippen MR) is 160 cm³/mol. The number of amides is 1. The Kier molecular flexibility index (Phi) is 7.64. The number of carboxylic acid groups (broad SMARTS) is 1. The zero-order valence-corrected chi connectivity index (χ0v) is 24.1. The Bertz CT molecular complexity index is 1880. The van der Waals surface area contributed by atoms with E-state index in [0.717, 1.165) is 29.3 Å². The average Bonchev–Trinajstić information content (AvgIpc) is 3.40. The first-order valence-electron chi connectivity index (χ1n) is 14.0. The van der Waals surface area contributed by atoms with Gasteiger partial charge in [0.05, 0.1) is 29.2 Å². The van der Waals surface area contributed by atoms with Gasteiger partial charge in [-0.15, -0.1) is 0 Å². The lowest BCUT2D eigenvalue weighted by molar-refractivity contribution is 0.119. The number of piperazine rings is 1. The minimum atomic E-state index is -1.12. The summed E-state index contributed by atoms with van der Waals surface area (Å²) >= 11 is 6.52. The number of nitrogens with one attached hydrogen (secondary N) is 1. The number of aromatic amines is 1. The second-order valence-corrected chi connectivity index (χ2v) is 11.2. The smallest absolute Gasteiger partial charge is 0.407 e. The molecule has 14 heteroatoms. The molecule has 0 spiro atoms. The fourth-order valence-electron chi connectivity index (χ4n) is 5.97. The molecule has 2 N–H and O–H groups in total. The molecule has 43 heavy (non-hydrogen) atoms. The molecule has 2 aromatic heterocycles. The van der Waals surface area contributed by atoms with Crippen molar-refractivity contribution >= 4 is 45.3 Å². The van der Waals surface area contributed by atoms with Crippen LogP contribution in [0.2, 0.25) is 5.02 Å². The zero-order valence-electron chi connectivity index (χ0n) is 23.4. The van der Waals surface area contributed by atoms with E-state index in [0.29, 0.717) is 22.7 Å². The highest BCUT2D eigenvalue weighted by Crippen LogP contribution is 2.30. The molecule has 2 aliphatic heterocycles. The Morgan fingerprint density at radius 3 is 2.67 bits per heavy atom. The molecule has 6 rings (SSSR count). The Morgan fingerprint density at radius 2 is 1.95 bits per heavy atom. The van der Waals surface area contributed by atoms with Gasteiger partial charge in [-0.2, -0.15) is 15.2 Å². The number of hydrogen-bond acceptors (Lipinski definition) is 9. The van der Waals surface area contributed by atoms with E-state index < -0.39 is 23.4 Å². The maximum Gasteiger partial charge on any atom is 0.407 e. The van der Waals surface area contributed by atoms with Crippen molar-refractivity contribution in [3.8, 4) is 17.8 Å². The van der Waals surface area contributed by atoms with E-state index in [1.807, 2.05) is 25.2 Å². The van der Waals surface area contributed by atoms with E-state index in [1.54, 1.807) is 29.2 Å². The highest BCUT2D eigenvalue weighted by Gasteiger charge is 2.33. The number of H-pyrrole nitrogens is 1. The van der Waals surface area contributed by atoms with Crippen molar-refractivity contribution in [3.63, 3.8) is 0 Å². The summed E-state index contributed by atoms with van der Waals surface area (Å²) < 4.78 is 7.05. The van der Waals surface area contributed by atoms with Crippen molar-refractivity contribution in [2.75, 3.05) is 44.7 Å². The van der Waals surface area contributed by atoms with Crippen LogP contribution in [0, 0.1) is 11.3 Å². The minimum Gasteiger partial charge on any atom is -0.465 e. The number of hydrogen-bond donors (Lipinski definition) is 2. The normalized spacial score (nSPS) is 19.2. The van der Waals surface area contributed by atoms with E-state index >= 15 is 0 Å². The topological polar surface area (TPSA) is 161 Å². The average molecular weight is 605 g/mol. The molecular formula is C29H29ClN8O5. The summed E-state index contributed by atoms with van der Waals surface area (Å²) in [5.74, 6) is 0.227. The summed E-state index contributed by atoms with van der Waals surface area (Å²) in [6.07, 6.45) is 0.838. The Hall–Kier alpha value is -4.67. The summed E-state index contributed by atoms with van der Waals surface area (Å²) in [6.45, 7) is 1.70. The van der Waals surface area contributed by atoms with Gasteiger partial charge in [0.2, 0.25) is 0 Å². The molecule has 0 aliphatic carbocycles. The molecule has 4 heterocycles. The van der Waals surface area contributed by atoms with Crippen molar-refractivity contribution < 1.29 is 14.6 Å². The van der Waals surface area contributed by atoms with Crippen molar-refractivity contribution in [2.45, 2.75) is 31.3 Å². The highest BCUT2D eigenvalue weighted by molar-refractivity contribution is 6.36. The third-order valence-electron chi connectivity index (χ3n) is 8.21. The first kappa shape index (κ1) is 28.4. The van der Waals surface area contributed by atoms with Crippen LogP contribution in [0.3, 0.4) is 0 Å². The van der Waals surface area contributed by atoms with Crippen LogP contribution in [0.5, 0.6) is 6.01 Å². The van der Waals surface area contributed by atoms with Gasteiger partial charge in [0, 0.05) is 31.1 Å². The van der Waals surface area contributed by atoms with Crippen molar-refractivity contribution in [2.24, 2.45) is 0 Å². The van der Waals surface area contributed by atoms with Gasteiger partial charge in [-0.1, -0.05) is 35.9 Å². The number of rotatable bonds is 6. The summed E-state index contributed by atoms with van der Waals surface area (Å²) in [4.78, 5) is 56.6. The number of anilines is 1. The van der Waals surface area contributed by atoms with Gasteiger partial charge >= 0.3 is 17.8 Å². The SMILES string of the molecule is CN1CCCC1COc1nc(N2CCN(C(=O)O)C(CC#N)C2)c2[nH]c(=O)n(-c3cccc4cccc(Cl)c34)c(=O)c2n1. The standard InChI is InChI=1S/C29H29ClN8O5/c1-35-12-4-7-19(35)16-43-27-32-24-23(25(34-27)36-13-14-37(29(41)42)18(15-36)10-11-31)33-28(40)38(26(24)39)21-9-3-6-17-5-2-8-20(30)22(17)21/h2-3,5-6,8-9,18-19H,4,7,10,12-16H2,1H3,(H,33,40)(H,41,42).